The van der Waals surface area contributed by atoms with Gasteiger partial charge in [-0.05, 0) is 22.9 Å². The lowest BCUT2D eigenvalue weighted by atomic mass is 10.5. The van der Waals surface area contributed by atoms with Crippen LogP contribution in [0.25, 0.3) is 4.96 Å². The van der Waals surface area contributed by atoms with Crippen LogP contribution < -0.4 is 5.56 Å². The van der Waals surface area contributed by atoms with Gasteiger partial charge in [0.1, 0.15) is 0 Å². The molecule has 12 heavy (non-hydrogen) atoms. The van der Waals surface area contributed by atoms with Crippen molar-refractivity contribution in [3.63, 3.8) is 0 Å². The third-order valence-electron chi connectivity index (χ3n) is 1.61. The molecular weight excluding hydrogens is 240 g/mol. The molecule has 0 radical (unpaired) electrons. The molecule has 0 atom stereocenters. The van der Waals surface area contributed by atoms with Crippen LogP contribution >= 0.6 is 27.3 Å². The molecule has 0 fully saturated rings. The van der Waals surface area contributed by atoms with Gasteiger partial charge < -0.3 is 0 Å². The Morgan fingerprint density at radius 1 is 1.67 bits per heavy atom. The van der Waals surface area contributed by atoms with Crippen LogP contribution in [-0.4, -0.2) is 9.38 Å². The standard InChI is InChI=1S/C7H5BrN2OS/c1-4-6(8)12-7-9-3-2-5(11)10(4)7/h2-3H,1H3. The predicted molar refractivity (Wildman–Crippen MR) is 51.8 cm³/mol. The Morgan fingerprint density at radius 2 is 2.42 bits per heavy atom. The summed E-state index contributed by atoms with van der Waals surface area (Å²) in [6.07, 6.45) is 1.53. The first-order valence-corrected chi connectivity index (χ1v) is 4.94. The molecule has 0 aliphatic rings. The van der Waals surface area contributed by atoms with E-state index in [0.717, 1.165) is 14.4 Å². The number of hydrogen-bond donors (Lipinski definition) is 0. The SMILES string of the molecule is Cc1c(Br)sc2nccc(=O)n12. The molecule has 0 bridgehead atoms. The Morgan fingerprint density at radius 3 is 3.08 bits per heavy atom. The summed E-state index contributed by atoms with van der Waals surface area (Å²) in [7, 11) is 0. The number of aromatic nitrogens is 2. The van der Waals surface area contributed by atoms with Crippen molar-refractivity contribution in [2.75, 3.05) is 0 Å². The molecule has 2 rings (SSSR count). The minimum absolute atomic E-state index is 0.0283. The molecule has 0 amide bonds. The lowest BCUT2D eigenvalue weighted by Gasteiger charge is -1.91. The summed E-state index contributed by atoms with van der Waals surface area (Å²) in [5.74, 6) is 0. The number of thiazole rings is 1. The maximum atomic E-state index is 11.3. The number of aryl methyl sites for hydroxylation is 1. The largest absolute Gasteiger partial charge is 0.269 e. The van der Waals surface area contributed by atoms with Gasteiger partial charge in [0.2, 0.25) is 0 Å². The first-order chi connectivity index (χ1) is 5.70. The van der Waals surface area contributed by atoms with Crippen LogP contribution in [0.15, 0.2) is 20.8 Å². The van der Waals surface area contributed by atoms with E-state index in [1.165, 1.54) is 23.6 Å². The zero-order chi connectivity index (χ0) is 8.72. The lowest BCUT2D eigenvalue weighted by Crippen LogP contribution is -2.11. The van der Waals surface area contributed by atoms with Crippen molar-refractivity contribution in [3.8, 4) is 0 Å². The number of fused-ring (bicyclic) bond motifs is 1. The van der Waals surface area contributed by atoms with Crippen LogP contribution in [0.3, 0.4) is 0 Å². The highest BCUT2D eigenvalue weighted by Crippen LogP contribution is 2.24. The zero-order valence-corrected chi connectivity index (χ0v) is 8.65. The predicted octanol–water partition coefficient (Wildman–Crippen LogP) is 1.83. The maximum absolute atomic E-state index is 11.3. The molecule has 62 valence electrons. The van der Waals surface area contributed by atoms with Crippen molar-refractivity contribution < 1.29 is 0 Å². The van der Waals surface area contributed by atoms with Crippen molar-refractivity contribution in [1.82, 2.24) is 9.38 Å². The van der Waals surface area contributed by atoms with Crippen molar-refractivity contribution in [3.05, 3.63) is 32.1 Å². The molecule has 3 nitrogen and oxygen atoms in total. The van der Waals surface area contributed by atoms with Gasteiger partial charge >= 0.3 is 0 Å². The van der Waals surface area contributed by atoms with E-state index in [2.05, 4.69) is 20.9 Å². The summed E-state index contributed by atoms with van der Waals surface area (Å²) in [6.45, 7) is 1.89. The highest BCUT2D eigenvalue weighted by molar-refractivity contribution is 9.11. The van der Waals surface area contributed by atoms with Crippen LogP contribution in [0.2, 0.25) is 0 Å². The normalized spacial score (nSPS) is 10.8. The molecule has 0 saturated carbocycles. The van der Waals surface area contributed by atoms with Gasteiger partial charge in [0.25, 0.3) is 5.56 Å². The molecule has 0 unspecified atom stereocenters. The molecule has 2 aromatic rings. The molecule has 5 heteroatoms. The summed E-state index contributed by atoms with van der Waals surface area (Å²) in [5.41, 5.74) is 0.882. The van der Waals surface area contributed by atoms with Crippen LogP contribution in [0.1, 0.15) is 5.69 Å². The van der Waals surface area contributed by atoms with Gasteiger partial charge in [-0.15, -0.1) is 0 Å². The first kappa shape index (κ1) is 7.94. The van der Waals surface area contributed by atoms with E-state index >= 15 is 0 Å². The van der Waals surface area contributed by atoms with E-state index in [-0.39, 0.29) is 5.56 Å². The molecule has 0 aromatic carbocycles. The van der Waals surface area contributed by atoms with Crippen molar-refractivity contribution in [2.24, 2.45) is 0 Å². The third kappa shape index (κ3) is 1.01. The molecule has 0 aliphatic carbocycles. The second-order valence-corrected chi connectivity index (χ2v) is 4.66. The van der Waals surface area contributed by atoms with E-state index in [4.69, 9.17) is 0 Å². The van der Waals surface area contributed by atoms with E-state index in [9.17, 15) is 4.79 Å². The van der Waals surface area contributed by atoms with Gasteiger partial charge in [-0.3, -0.25) is 9.20 Å². The fourth-order valence-corrected chi connectivity index (χ4v) is 2.46. The fourth-order valence-electron chi connectivity index (χ4n) is 1.01. The molecular formula is C7H5BrN2OS. The van der Waals surface area contributed by atoms with Crippen molar-refractivity contribution >= 4 is 32.2 Å². The second-order valence-electron chi connectivity index (χ2n) is 2.36. The number of nitrogens with zero attached hydrogens (tertiary/aromatic N) is 2. The Kier molecular flexibility index (Phi) is 1.77. The quantitative estimate of drug-likeness (QED) is 0.709. The van der Waals surface area contributed by atoms with Crippen LogP contribution in [0.4, 0.5) is 0 Å². The van der Waals surface area contributed by atoms with Gasteiger partial charge in [0, 0.05) is 18.0 Å². The second kappa shape index (κ2) is 2.67. The summed E-state index contributed by atoms with van der Waals surface area (Å²) < 4.78 is 2.55. The Bertz CT molecular complexity index is 488. The molecule has 0 N–H and O–H groups in total. The smallest absolute Gasteiger partial charge is 0.258 e. The monoisotopic (exact) mass is 244 g/mol. The number of rotatable bonds is 0. The molecule has 0 aliphatic heterocycles. The van der Waals surface area contributed by atoms with Gasteiger partial charge in [-0.25, -0.2) is 4.98 Å². The average Bonchev–Trinajstić information content (AvgIpc) is 2.29. The highest BCUT2D eigenvalue weighted by atomic mass is 79.9. The first-order valence-electron chi connectivity index (χ1n) is 3.33. The zero-order valence-electron chi connectivity index (χ0n) is 6.24. The molecule has 0 saturated heterocycles. The van der Waals surface area contributed by atoms with E-state index in [0.29, 0.717) is 0 Å². The van der Waals surface area contributed by atoms with E-state index in [1.807, 2.05) is 6.92 Å². The molecule has 2 aromatic heterocycles. The fraction of sp³-hybridized carbons (Fsp3) is 0.143. The average molecular weight is 245 g/mol. The summed E-state index contributed by atoms with van der Waals surface area (Å²) in [6, 6.07) is 1.46. The van der Waals surface area contributed by atoms with Crippen molar-refractivity contribution in [1.29, 1.82) is 0 Å². The number of hydrogen-bond acceptors (Lipinski definition) is 3. The summed E-state index contributed by atoms with van der Waals surface area (Å²) >= 11 is 4.82. The van der Waals surface area contributed by atoms with E-state index in [1.54, 1.807) is 4.40 Å². The minimum Gasteiger partial charge on any atom is -0.269 e. The van der Waals surface area contributed by atoms with Crippen molar-refractivity contribution in [2.45, 2.75) is 6.92 Å². The van der Waals surface area contributed by atoms with Gasteiger partial charge in [-0.1, -0.05) is 11.3 Å². The molecule has 2 heterocycles. The van der Waals surface area contributed by atoms with Crippen LogP contribution in [-0.2, 0) is 0 Å². The van der Waals surface area contributed by atoms with Crippen LogP contribution in [0.5, 0.6) is 0 Å². The number of halogens is 1. The topological polar surface area (TPSA) is 34.4 Å². The highest BCUT2D eigenvalue weighted by Gasteiger charge is 2.06. The third-order valence-corrected chi connectivity index (χ3v) is 3.62. The molecule has 0 spiro atoms. The lowest BCUT2D eigenvalue weighted by molar-refractivity contribution is 1.02. The van der Waals surface area contributed by atoms with Gasteiger partial charge in [0.05, 0.1) is 3.79 Å². The minimum atomic E-state index is -0.0283. The maximum Gasteiger partial charge on any atom is 0.258 e. The van der Waals surface area contributed by atoms with Gasteiger partial charge in [-0.2, -0.15) is 0 Å². The Hall–Kier alpha value is -0.680. The summed E-state index contributed by atoms with van der Waals surface area (Å²) in [5, 5.41) is 0. The summed E-state index contributed by atoms with van der Waals surface area (Å²) in [4.78, 5) is 16.1. The van der Waals surface area contributed by atoms with Crippen LogP contribution in [0, 0.1) is 6.92 Å². The van der Waals surface area contributed by atoms with E-state index < -0.39 is 0 Å². The van der Waals surface area contributed by atoms with Gasteiger partial charge in [0.15, 0.2) is 4.96 Å². The Labute approximate surface area is 80.8 Å². The Balaban J connectivity index is 3.07.